The first-order valence-corrected chi connectivity index (χ1v) is 7.44. The summed E-state index contributed by atoms with van der Waals surface area (Å²) in [7, 11) is 2.02. The fraction of sp³-hybridized carbons (Fsp3) is 0.438. The second kappa shape index (κ2) is 6.14. The van der Waals surface area contributed by atoms with Gasteiger partial charge < -0.3 is 14.5 Å². The largest absolute Gasteiger partial charge is 0.473 e. The van der Waals surface area contributed by atoms with Crippen molar-refractivity contribution in [3.05, 3.63) is 47.3 Å². The van der Waals surface area contributed by atoms with Gasteiger partial charge in [-0.25, -0.2) is 4.99 Å². The minimum absolute atomic E-state index is 0.199. The van der Waals surface area contributed by atoms with E-state index in [1.165, 1.54) is 12.1 Å². The molecule has 0 amide bonds. The van der Waals surface area contributed by atoms with Crippen molar-refractivity contribution in [1.29, 1.82) is 0 Å². The summed E-state index contributed by atoms with van der Waals surface area (Å²) in [4.78, 5) is 8.68. The van der Waals surface area contributed by atoms with Crippen molar-refractivity contribution in [2.24, 2.45) is 4.99 Å². The minimum Gasteiger partial charge on any atom is -0.473 e. The standard InChI is InChI=1S/C16H18F3N3O/c1-21-7-2-8-22-11-20-14(9-15(21)22)23-10-12-3-5-13(6-4-12)16(17,18)19/h3-6,9H,2,7-8,10-11H2,1H3. The molecule has 2 aliphatic heterocycles. The topological polar surface area (TPSA) is 28.1 Å². The Labute approximate surface area is 132 Å². The lowest BCUT2D eigenvalue weighted by Crippen LogP contribution is -2.42. The molecule has 0 unspecified atom stereocenters. The number of halogens is 3. The second-order valence-corrected chi connectivity index (χ2v) is 5.66. The maximum atomic E-state index is 12.5. The van der Waals surface area contributed by atoms with Gasteiger partial charge in [0, 0.05) is 26.2 Å². The van der Waals surface area contributed by atoms with Crippen LogP contribution in [0.25, 0.3) is 0 Å². The molecular weight excluding hydrogens is 307 g/mol. The van der Waals surface area contributed by atoms with Gasteiger partial charge in [0.25, 0.3) is 0 Å². The first kappa shape index (κ1) is 15.7. The molecule has 0 spiro atoms. The monoisotopic (exact) mass is 325 g/mol. The quantitative estimate of drug-likeness (QED) is 0.836. The van der Waals surface area contributed by atoms with Crippen molar-refractivity contribution in [3.63, 3.8) is 0 Å². The third-order valence-corrected chi connectivity index (χ3v) is 3.95. The van der Waals surface area contributed by atoms with Gasteiger partial charge in [0.2, 0.25) is 5.90 Å². The van der Waals surface area contributed by atoms with Crippen LogP contribution < -0.4 is 0 Å². The summed E-state index contributed by atoms with van der Waals surface area (Å²) in [6.45, 7) is 2.73. The summed E-state index contributed by atoms with van der Waals surface area (Å²) < 4.78 is 43.2. The molecule has 2 heterocycles. The Bertz CT molecular complexity index is 622. The van der Waals surface area contributed by atoms with Gasteiger partial charge in [0.1, 0.15) is 19.1 Å². The van der Waals surface area contributed by atoms with E-state index in [0.29, 0.717) is 18.1 Å². The first-order chi connectivity index (χ1) is 10.9. The number of hydrogen-bond acceptors (Lipinski definition) is 4. The Morgan fingerprint density at radius 3 is 2.61 bits per heavy atom. The van der Waals surface area contributed by atoms with E-state index in [1.807, 2.05) is 13.1 Å². The third-order valence-electron chi connectivity index (χ3n) is 3.95. The van der Waals surface area contributed by atoms with E-state index in [4.69, 9.17) is 4.74 Å². The number of rotatable bonds is 2. The molecular formula is C16H18F3N3O. The predicted octanol–water partition coefficient (Wildman–Crippen LogP) is 3.07. The normalized spacial score (nSPS) is 18.3. The first-order valence-electron chi connectivity index (χ1n) is 7.44. The molecule has 0 saturated carbocycles. The minimum atomic E-state index is -4.31. The molecule has 1 aromatic carbocycles. The molecule has 1 fully saturated rings. The fourth-order valence-electron chi connectivity index (χ4n) is 2.66. The fourth-order valence-corrected chi connectivity index (χ4v) is 2.66. The van der Waals surface area contributed by atoms with Gasteiger partial charge in [-0.1, -0.05) is 12.1 Å². The number of aliphatic imine (C=N–C) groups is 1. The molecule has 0 aromatic heterocycles. The molecule has 0 aliphatic carbocycles. The summed E-state index contributed by atoms with van der Waals surface area (Å²) in [5.41, 5.74) is 0.0244. The lowest BCUT2D eigenvalue weighted by atomic mass is 10.1. The van der Waals surface area contributed by atoms with Crippen LogP contribution in [0.3, 0.4) is 0 Å². The average molecular weight is 325 g/mol. The van der Waals surface area contributed by atoms with Gasteiger partial charge in [-0.05, 0) is 24.1 Å². The molecule has 0 atom stereocenters. The number of fused-ring (bicyclic) bond motifs is 1. The molecule has 7 heteroatoms. The van der Waals surface area contributed by atoms with E-state index in [1.54, 1.807) is 0 Å². The SMILES string of the molecule is CN1CCCN2CN=C(OCc3ccc(C(F)(F)F)cc3)C=C12. The van der Waals surface area contributed by atoms with Crippen LogP contribution in [-0.4, -0.2) is 42.5 Å². The molecule has 23 heavy (non-hydrogen) atoms. The highest BCUT2D eigenvalue weighted by Gasteiger charge is 2.30. The number of hydrogen-bond donors (Lipinski definition) is 0. The third kappa shape index (κ3) is 3.60. The van der Waals surface area contributed by atoms with Gasteiger partial charge in [0.05, 0.1) is 5.56 Å². The lowest BCUT2D eigenvalue weighted by Gasteiger charge is -2.39. The summed E-state index contributed by atoms with van der Waals surface area (Å²) in [6.07, 6.45) is -1.33. The number of nitrogens with zero attached hydrogens (tertiary/aromatic N) is 3. The van der Waals surface area contributed by atoms with Crippen molar-refractivity contribution >= 4 is 5.90 Å². The smallest absolute Gasteiger partial charge is 0.416 e. The molecule has 0 radical (unpaired) electrons. The zero-order valence-corrected chi connectivity index (χ0v) is 12.8. The van der Waals surface area contributed by atoms with Crippen molar-refractivity contribution in [2.45, 2.75) is 19.2 Å². The van der Waals surface area contributed by atoms with Crippen molar-refractivity contribution in [3.8, 4) is 0 Å². The van der Waals surface area contributed by atoms with Crippen LogP contribution in [-0.2, 0) is 17.5 Å². The van der Waals surface area contributed by atoms with Gasteiger partial charge in [0.15, 0.2) is 0 Å². The zero-order chi connectivity index (χ0) is 16.4. The maximum Gasteiger partial charge on any atom is 0.416 e. The van der Waals surface area contributed by atoms with Gasteiger partial charge >= 0.3 is 6.18 Å². The second-order valence-electron chi connectivity index (χ2n) is 5.66. The van der Waals surface area contributed by atoms with Crippen LogP contribution in [0.2, 0.25) is 0 Å². The van der Waals surface area contributed by atoms with Crippen molar-refractivity contribution in [2.75, 3.05) is 26.8 Å². The molecule has 124 valence electrons. The molecule has 4 nitrogen and oxygen atoms in total. The predicted molar refractivity (Wildman–Crippen MR) is 80.6 cm³/mol. The molecule has 3 rings (SSSR count). The van der Waals surface area contributed by atoms with Crippen molar-refractivity contribution in [1.82, 2.24) is 9.80 Å². The van der Waals surface area contributed by atoms with E-state index < -0.39 is 11.7 Å². The average Bonchev–Trinajstić information content (AvgIpc) is 2.53. The Morgan fingerprint density at radius 1 is 1.17 bits per heavy atom. The van der Waals surface area contributed by atoms with Crippen LogP contribution in [0.4, 0.5) is 13.2 Å². The number of alkyl halides is 3. The Hall–Kier alpha value is -2.18. The van der Waals surface area contributed by atoms with E-state index in [2.05, 4.69) is 14.8 Å². The van der Waals surface area contributed by atoms with Gasteiger partial charge in [-0.2, -0.15) is 13.2 Å². The van der Waals surface area contributed by atoms with E-state index >= 15 is 0 Å². The Morgan fingerprint density at radius 2 is 1.91 bits per heavy atom. The van der Waals surface area contributed by atoms with Crippen LogP contribution in [0.15, 0.2) is 41.2 Å². The van der Waals surface area contributed by atoms with Crippen LogP contribution in [0.5, 0.6) is 0 Å². The van der Waals surface area contributed by atoms with Crippen LogP contribution >= 0.6 is 0 Å². The Balaban J connectivity index is 1.61. The molecule has 2 aliphatic rings. The number of benzene rings is 1. The molecule has 0 bridgehead atoms. The highest BCUT2D eigenvalue weighted by atomic mass is 19.4. The Kier molecular flexibility index (Phi) is 4.19. The van der Waals surface area contributed by atoms with Crippen LogP contribution in [0, 0.1) is 0 Å². The van der Waals surface area contributed by atoms with Crippen LogP contribution in [0.1, 0.15) is 17.5 Å². The highest BCUT2D eigenvalue weighted by molar-refractivity contribution is 5.88. The van der Waals surface area contributed by atoms with Gasteiger partial charge in [-0.15, -0.1) is 0 Å². The van der Waals surface area contributed by atoms with E-state index in [-0.39, 0.29) is 6.61 Å². The molecule has 1 aromatic rings. The molecule has 1 saturated heterocycles. The lowest BCUT2D eigenvalue weighted by molar-refractivity contribution is -0.137. The number of ether oxygens (including phenoxy) is 1. The van der Waals surface area contributed by atoms with E-state index in [0.717, 1.165) is 37.5 Å². The van der Waals surface area contributed by atoms with E-state index in [9.17, 15) is 13.2 Å². The van der Waals surface area contributed by atoms with Gasteiger partial charge in [-0.3, -0.25) is 0 Å². The highest BCUT2D eigenvalue weighted by Crippen LogP contribution is 2.29. The summed E-state index contributed by atoms with van der Waals surface area (Å²) in [5, 5.41) is 0. The zero-order valence-electron chi connectivity index (χ0n) is 12.8. The summed E-state index contributed by atoms with van der Waals surface area (Å²) in [6, 6.07) is 4.99. The summed E-state index contributed by atoms with van der Waals surface area (Å²) >= 11 is 0. The maximum absolute atomic E-state index is 12.5. The molecule has 0 N–H and O–H groups in total. The summed E-state index contributed by atoms with van der Waals surface area (Å²) in [5.74, 6) is 1.60. The van der Waals surface area contributed by atoms with Crippen molar-refractivity contribution < 1.29 is 17.9 Å².